The van der Waals surface area contributed by atoms with Crippen molar-refractivity contribution in [1.82, 2.24) is 14.8 Å². The van der Waals surface area contributed by atoms with Crippen molar-refractivity contribution in [2.75, 3.05) is 31.2 Å². The highest BCUT2D eigenvalue weighted by atomic mass is 32.2. The second-order valence-corrected chi connectivity index (χ2v) is 6.26. The number of aryl methyl sites for hydroxylation is 1. The van der Waals surface area contributed by atoms with Gasteiger partial charge in [-0.3, -0.25) is 4.57 Å². The van der Waals surface area contributed by atoms with Crippen molar-refractivity contribution < 1.29 is 4.74 Å². The second kappa shape index (κ2) is 7.84. The fourth-order valence-electron chi connectivity index (χ4n) is 2.42. The van der Waals surface area contributed by atoms with Crippen LogP contribution in [0.2, 0.25) is 0 Å². The molecule has 2 aromatic rings. The van der Waals surface area contributed by atoms with Gasteiger partial charge in [0.15, 0.2) is 0 Å². The average Bonchev–Trinajstić information content (AvgIpc) is 3.08. The molecule has 0 N–H and O–H groups in total. The van der Waals surface area contributed by atoms with Crippen LogP contribution in [0.5, 0.6) is 0 Å². The minimum Gasteiger partial charge on any atom is -0.378 e. The van der Waals surface area contributed by atoms with Gasteiger partial charge in [-0.2, -0.15) is 10.5 Å². The maximum atomic E-state index is 8.91. The number of thioether (sulfide) groups is 1. The molecule has 1 aromatic carbocycles. The molecule has 0 aliphatic carbocycles. The molecule has 0 spiro atoms. The predicted molar refractivity (Wildman–Crippen MR) is 94.3 cm³/mol. The van der Waals surface area contributed by atoms with Crippen LogP contribution in [0.25, 0.3) is 5.69 Å². The minimum atomic E-state index is 0.0383. The van der Waals surface area contributed by atoms with Gasteiger partial charge in [0.1, 0.15) is 17.7 Å². The number of benzene rings is 1. The van der Waals surface area contributed by atoms with Crippen LogP contribution in [0.4, 0.5) is 5.95 Å². The van der Waals surface area contributed by atoms with Crippen LogP contribution < -0.4 is 4.90 Å². The van der Waals surface area contributed by atoms with Crippen LogP contribution in [-0.2, 0) is 4.74 Å². The molecule has 1 aliphatic heterocycles. The normalized spacial score (nSPS) is 13.8. The molecular weight excluding hydrogens is 336 g/mol. The summed E-state index contributed by atoms with van der Waals surface area (Å²) < 4.78 is 7.35. The summed E-state index contributed by atoms with van der Waals surface area (Å²) in [5.41, 5.74) is 2.13. The molecule has 1 aromatic heterocycles. The van der Waals surface area contributed by atoms with Crippen LogP contribution in [0.3, 0.4) is 0 Å². The van der Waals surface area contributed by atoms with Crippen molar-refractivity contribution in [3.8, 4) is 17.8 Å². The van der Waals surface area contributed by atoms with Crippen LogP contribution in [0, 0.1) is 29.6 Å². The largest absolute Gasteiger partial charge is 0.378 e. The van der Waals surface area contributed by atoms with Gasteiger partial charge in [-0.15, -0.1) is 10.2 Å². The lowest BCUT2D eigenvalue weighted by atomic mass is 10.2. The van der Waals surface area contributed by atoms with E-state index in [0.717, 1.165) is 30.3 Å². The summed E-state index contributed by atoms with van der Waals surface area (Å²) >= 11 is 1.21. The third-order valence-electron chi connectivity index (χ3n) is 3.73. The number of morpholine rings is 1. The Morgan fingerprint density at radius 2 is 1.84 bits per heavy atom. The highest BCUT2D eigenvalue weighted by Gasteiger charge is 2.21. The molecule has 0 radical (unpaired) electrons. The lowest BCUT2D eigenvalue weighted by molar-refractivity contribution is 0.122. The molecule has 8 heteroatoms. The van der Waals surface area contributed by atoms with Gasteiger partial charge in [0.05, 0.1) is 18.9 Å². The van der Waals surface area contributed by atoms with Crippen molar-refractivity contribution in [2.24, 2.45) is 0 Å². The topological polar surface area (TPSA) is 90.8 Å². The molecule has 1 fully saturated rings. The Kier molecular flexibility index (Phi) is 5.34. The third-order valence-corrected chi connectivity index (χ3v) is 4.55. The molecule has 2 heterocycles. The van der Waals surface area contributed by atoms with E-state index in [1.807, 2.05) is 47.9 Å². The summed E-state index contributed by atoms with van der Waals surface area (Å²) in [5, 5.41) is 28.5. The SMILES string of the molecule is Cc1ccc(-n2c(SC=C(C#N)C#N)nnc2N2CCOCC2)cc1. The molecule has 126 valence electrons. The molecule has 0 amide bonds. The van der Waals surface area contributed by atoms with E-state index in [4.69, 9.17) is 15.3 Å². The average molecular weight is 352 g/mol. The molecule has 0 unspecified atom stereocenters. The van der Waals surface area contributed by atoms with Gasteiger partial charge >= 0.3 is 0 Å². The Morgan fingerprint density at radius 3 is 2.48 bits per heavy atom. The molecule has 25 heavy (non-hydrogen) atoms. The van der Waals surface area contributed by atoms with E-state index in [0.29, 0.717) is 18.4 Å². The predicted octanol–water partition coefficient (Wildman–Crippen LogP) is 2.44. The van der Waals surface area contributed by atoms with Gasteiger partial charge in [0, 0.05) is 18.5 Å². The van der Waals surface area contributed by atoms with E-state index >= 15 is 0 Å². The Hall–Kier alpha value is -2.81. The summed E-state index contributed by atoms with van der Waals surface area (Å²) in [5.74, 6) is 0.735. The van der Waals surface area contributed by atoms with Crippen LogP contribution in [0.1, 0.15) is 5.56 Å². The Morgan fingerprint density at radius 1 is 1.16 bits per heavy atom. The van der Waals surface area contributed by atoms with E-state index in [1.54, 1.807) is 0 Å². The number of nitrogens with zero attached hydrogens (tertiary/aromatic N) is 6. The van der Waals surface area contributed by atoms with Crippen LogP contribution >= 0.6 is 11.8 Å². The Balaban J connectivity index is 2.02. The van der Waals surface area contributed by atoms with E-state index in [2.05, 4.69) is 15.1 Å². The second-order valence-electron chi connectivity index (χ2n) is 5.43. The summed E-state index contributed by atoms with van der Waals surface area (Å²) in [6.07, 6.45) is 0. The zero-order chi connectivity index (χ0) is 17.6. The summed E-state index contributed by atoms with van der Waals surface area (Å²) in [6, 6.07) is 11.8. The van der Waals surface area contributed by atoms with Crippen molar-refractivity contribution in [2.45, 2.75) is 12.1 Å². The van der Waals surface area contributed by atoms with Gasteiger partial charge < -0.3 is 9.64 Å². The van der Waals surface area contributed by atoms with Crippen molar-refractivity contribution in [3.63, 3.8) is 0 Å². The van der Waals surface area contributed by atoms with Gasteiger partial charge in [0.2, 0.25) is 11.1 Å². The first-order valence-corrected chi connectivity index (χ1v) is 8.63. The first-order valence-electron chi connectivity index (χ1n) is 7.75. The third kappa shape index (κ3) is 3.82. The number of nitriles is 2. The van der Waals surface area contributed by atoms with Gasteiger partial charge in [0.25, 0.3) is 0 Å². The zero-order valence-electron chi connectivity index (χ0n) is 13.7. The van der Waals surface area contributed by atoms with E-state index < -0.39 is 0 Å². The number of anilines is 1. The molecule has 0 atom stereocenters. The molecular formula is C17H16N6OS. The molecule has 0 saturated carbocycles. The maximum Gasteiger partial charge on any atom is 0.232 e. The summed E-state index contributed by atoms with van der Waals surface area (Å²) in [4.78, 5) is 2.12. The fraction of sp³-hybridized carbons (Fsp3) is 0.294. The molecule has 7 nitrogen and oxygen atoms in total. The minimum absolute atomic E-state index is 0.0383. The maximum absolute atomic E-state index is 8.91. The number of allylic oxidation sites excluding steroid dienone is 1. The number of rotatable bonds is 4. The van der Waals surface area contributed by atoms with Crippen LogP contribution in [-0.4, -0.2) is 41.1 Å². The monoisotopic (exact) mass is 352 g/mol. The first-order chi connectivity index (χ1) is 12.2. The number of ether oxygens (including phenoxy) is 1. The first kappa shape index (κ1) is 17.0. The van der Waals surface area contributed by atoms with Gasteiger partial charge in [-0.1, -0.05) is 29.5 Å². The van der Waals surface area contributed by atoms with E-state index in [-0.39, 0.29) is 5.57 Å². The Labute approximate surface area is 150 Å². The van der Waals surface area contributed by atoms with E-state index in [1.165, 1.54) is 17.2 Å². The van der Waals surface area contributed by atoms with Crippen LogP contribution in [0.15, 0.2) is 40.4 Å². The standard InChI is InChI=1S/C17H16N6OS/c1-13-2-4-15(5-3-13)23-16(22-6-8-24-9-7-22)20-21-17(23)25-12-14(10-18)11-19/h2-5,12H,6-9H2,1H3. The highest BCUT2D eigenvalue weighted by Crippen LogP contribution is 2.28. The van der Waals surface area contributed by atoms with Crippen molar-refractivity contribution >= 4 is 17.7 Å². The lowest BCUT2D eigenvalue weighted by Gasteiger charge is -2.27. The zero-order valence-corrected chi connectivity index (χ0v) is 14.5. The molecule has 1 saturated heterocycles. The van der Waals surface area contributed by atoms with Gasteiger partial charge in [-0.05, 0) is 19.1 Å². The number of aromatic nitrogens is 3. The van der Waals surface area contributed by atoms with Gasteiger partial charge in [-0.25, -0.2) is 0 Å². The van der Waals surface area contributed by atoms with Crippen molar-refractivity contribution in [3.05, 3.63) is 40.8 Å². The fourth-order valence-corrected chi connectivity index (χ4v) is 3.12. The Bertz CT molecular complexity index is 837. The van der Waals surface area contributed by atoms with E-state index in [9.17, 15) is 0 Å². The summed E-state index contributed by atoms with van der Waals surface area (Å²) in [6.45, 7) is 4.81. The lowest BCUT2D eigenvalue weighted by Crippen LogP contribution is -2.37. The number of hydrogen-bond acceptors (Lipinski definition) is 7. The quantitative estimate of drug-likeness (QED) is 0.616. The molecule has 1 aliphatic rings. The molecule has 3 rings (SSSR count). The summed E-state index contributed by atoms with van der Waals surface area (Å²) in [7, 11) is 0. The highest BCUT2D eigenvalue weighted by molar-refractivity contribution is 8.02. The number of hydrogen-bond donors (Lipinski definition) is 0. The van der Waals surface area contributed by atoms with Crippen molar-refractivity contribution in [1.29, 1.82) is 10.5 Å². The molecule has 0 bridgehead atoms. The smallest absolute Gasteiger partial charge is 0.232 e.